The van der Waals surface area contributed by atoms with Crippen molar-refractivity contribution in [3.8, 4) is 9.75 Å². The molecule has 0 aromatic carbocycles. The van der Waals surface area contributed by atoms with Gasteiger partial charge in [0.25, 0.3) is 0 Å². The minimum absolute atomic E-state index is 0.238. The number of ether oxygens (including phenoxy) is 1. The number of esters is 1. The standard InChI is InChI=1S/C12H10O3S2/c1-15-12(14)6-8-2-4-10(16-8)11-5-3-9(7-13)17-11/h2-5,7H,6H2,1H3. The lowest BCUT2D eigenvalue weighted by molar-refractivity contribution is -0.139. The van der Waals surface area contributed by atoms with Crippen molar-refractivity contribution in [2.45, 2.75) is 6.42 Å². The molecule has 3 nitrogen and oxygen atoms in total. The summed E-state index contributed by atoms with van der Waals surface area (Å²) in [6, 6.07) is 7.59. The van der Waals surface area contributed by atoms with E-state index in [1.54, 1.807) is 17.4 Å². The van der Waals surface area contributed by atoms with Gasteiger partial charge in [0.2, 0.25) is 0 Å². The van der Waals surface area contributed by atoms with Crippen LogP contribution in [0.15, 0.2) is 24.3 Å². The van der Waals surface area contributed by atoms with Gasteiger partial charge < -0.3 is 4.74 Å². The van der Waals surface area contributed by atoms with Gasteiger partial charge in [0.1, 0.15) is 0 Å². The summed E-state index contributed by atoms with van der Waals surface area (Å²) in [5.41, 5.74) is 0. The molecular weight excluding hydrogens is 256 g/mol. The smallest absolute Gasteiger partial charge is 0.310 e. The molecule has 0 N–H and O–H groups in total. The third-order valence-corrected chi connectivity index (χ3v) is 4.49. The number of hydrogen-bond donors (Lipinski definition) is 0. The second kappa shape index (κ2) is 5.25. The summed E-state index contributed by atoms with van der Waals surface area (Å²) >= 11 is 3.00. The maximum Gasteiger partial charge on any atom is 0.310 e. The van der Waals surface area contributed by atoms with Crippen LogP contribution in [0.4, 0.5) is 0 Å². The fourth-order valence-electron chi connectivity index (χ4n) is 1.37. The van der Waals surface area contributed by atoms with Gasteiger partial charge in [0.15, 0.2) is 6.29 Å². The van der Waals surface area contributed by atoms with E-state index >= 15 is 0 Å². The summed E-state index contributed by atoms with van der Waals surface area (Å²) in [7, 11) is 1.38. The zero-order valence-electron chi connectivity index (χ0n) is 9.14. The second-order valence-corrected chi connectivity index (χ2v) is 5.62. The molecule has 2 heterocycles. The number of hydrogen-bond acceptors (Lipinski definition) is 5. The monoisotopic (exact) mass is 266 g/mol. The molecule has 2 aromatic rings. The van der Waals surface area contributed by atoms with Gasteiger partial charge in [0.05, 0.1) is 18.4 Å². The lowest BCUT2D eigenvalue weighted by Crippen LogP contribution is -2.02. The Hall–Kier alpha value is -1.46. The number of thiophene rings is 2. The van der Waals surface area contributed by atoms with Crippen molar-refractivity contribution in [3.63, 3.8) is 0 Å². The largest absolute Gasteiger partial charge is 0.469 e. The van der Waals surface area contributed by atoms with E-state index in [4.69, 9.17) is 0 Å². The van der Waals surface area contributed by atoms with E-state index in [1.807, 2.05) is 18.2 Å². The van der Waals surface area contributed by atoms with Crippen molar-refractivity contribution in [3.05, 3.63) is 34.0 Å². The molecule has 0 bridgehead atoms. The molecule has 17 heavy (non-hydrogen) atoms. The van der Waals surface area contributed by atoms with Gasteiger partial charge in [-0.2, -0.15) is 0 Å². The van der Waals surface area contributed by atoms with Crippen LogP contribution >= 0.6 is 22.7 Å². The summed E-state index contributed by atoms with van der Waals surface area (Å²) in [5, 5.41) is 0. The molecule has 0 aliphatic carbocycles. The second-order valence-electron chi connectivity index (χ2n) is 3.34. The molecule has 0 aliphatic heterocycles. The highest BCUT2D eigenvalue weighted by molar-refractivity contribution is 7.22. The fourth-order valence-corrected chi connectivity index (χ4v) is 3.27. The molecule has 0 saturated heterocycles. The van der Waals surface area contributed by atoms with Crippen molar-refractivity contribution >= 4 is 34.9 Å². The van der Waals surface area contributed by atoms with Crippen LogP contribution in [-0.4, -0.2) is 19.4 Å². The van der Waals surface area contributed by atoms with Crippen LogP contribution in [0.3, 0.4) is 0 Å². The lowest BCUT2D eigenvalue weighted by atomic mass is 10.3. The average Bonchev–Trinajstić information content (AvgIpc) is 2.96. The number of rotatable bonds is 4. The Morgan fingerprint density at radius 1 is 1.24 bits per heavy atom. The molecule has 5 heteroatoms. The van der Waals surface area contributed by atoms with Gasteiger partial charge >= 0.3 is 5.97 Å². The summed E-state index contributed by atoms with van der Waals surface area (Å²) in [6.45, 7) is 0. The molecule has 88 valence electrons. The highest BCUT2D eigenvalue weighted by Gasteiger charge is 2.09. The predicted molar refractivity (Wildman–Crippen MR) is 68.7 cm³/mol. The summed E-state index contributed by atoms with van der Waals surface area (Å²) < 4.78 is 4.61. The molecule has 0 aliphatic rings. The van der Waals surface area contributed by atoms with Crippen LogP contribution in [0.1, 0.15) is 14.5 Å². The van der Waals surface area contributed by atoms with Crippen molar-refractivity contribution in [1.29, 1.82) is 0 Å². The van der Waals surface area contributed by atoms with Gasteiger partial charge in [-0.15, -0.1) is 22.7 Å². The van der Waals surface area contributed by atoms with E-state index in [0.717, 1.165) is 20.9 Å². The van der Waals surface area contributed by atoms with Crippen molar-refractivity contribution in [2.24, 2.45) is 0 Å². The molecule has 0 spiro atoms. The Morgan fingerprint density at radius 3 is 2.59 bits per heavy atom. The van der Waals surface area contributed by atoms with Crippen LogP contribution in [0, 0.1) is 0 Å². The average molecular weight is 266 g/mol. The number of carbonyl (C=O) groups is 2. The summed E-state index contributed by atoms with van der Waals surface area (Å²) in [5.74, 6) is -0.238. The lowest BCUT2D eigenvalue weighted by Gasteiger charge is -1.94. The predicted octanol–water partition coefficient (Wildman–Crippen LogP) is 3.00. The molecule has 0 radical (unpaired) electrons. The Bertz CT molecular complexity index is 539. The minimum atomic E-state index is -0.238. The maximum absolute atomic E-state index is 11.1. The normalized spacial score (nSPS) is 10.2. The molecular formula is C12H10O3S2. The number of carbonyl (C=O) groups excluding carboxylic acids is 2. The van der Waals surface area contributed by atoms with Crippen LogP contribution in [0.25, 0.3) is 9.75 Å². The van der Waals surface area contributed by atoms with Crippen LogP contribution in [0.2, 0.25) is 0 Å². The first-order valence-corrected chi connectivity index (χ1v) is 6.57. The summed E-state index contributed by atoms with van der Waals surface area (Å²) in [4.78, 5) is 25.5. The topological polar surface area (TPSA) is 43.4 Å². The zero-order valence-corrected chi connectivity index (χ0v) is 10.8. The Morgan fingerprint density at radius 2 is 1.94 bits per heavy atom. The Labute approximate surface area is 107 Å². The molecule has 0 saturated carbocycles. The fraction of sp³-hybridized carbons (Fsp3) is 0.167. The van der Waals surface area contributed by atoms with E-state index in [2.05, 4.69) is 4.74 Å². The minimum Gasteiger partial charge on any atom is -0.469 e. The molecule has 2 rings (SSSR count). The number of methoxy groups -OCH3 is 1. The zero-order chi connectivity index (χ0) is 12.3. The Kier molecular flexibility index (Phi) is 3.71. The van der Waals surface area contributed by atoms with Gasteiger partial charge in [-0.3, -0.25) is 9.59 Å². The van der Waals surface area contributed by atoms with Crippen LogP contribution < -0.4 is 0 Å². The van der Waals surface area contributed by atoms with E-state index in [-0.39, 0.29) is 5.97 Å². The van der Waals surface area contributed by atoms with Crippen LogP contribution in [0.5, 0.6) is 0 Å². The molecule has 0 atom stereocenters. The first-order chi connectivity index (χ1) is 8.22. The third-order valence-electron chi connectivity index (χ3n) is 2.19. The van der Waals surface area contributed by atoms with Crippen molar-refractivity contribution in [2.75, 3.05) is 7.11 Å². The van der Waals surface area contributed by atoms with Gasteiger partial charge in [-0.1, -0.05) is 0 Å². The SMILES string of the molecule is COC(=O)Cc1ccc(-c2ccc(C=O)s2)s1. The molecule has 0 amide bonds. The van der Waals surface area contributed by atoms with E-state index < -0.39 is 0 Å². The molecule has 0 unspecified atom stereocenters. The first kappa shape index (κ1) is 12.0. The van der Waals surface area contributed by atoms with Gasteiger partial charge in [0, 0.05) is 14.6 Å². The van der Waals surface area contributed by atoms with Gasteiger partial charge in [-0.25, -0.2) is 0 Å². The molecule has 0 fully saturated rings. The quantitative estimate of drug-likeness (QED) is 0.631. The van der Waals surface area contributed by atoms with Gasteiger partial charge in [-0.05, 0) is 24.3 Å². The number of aldehydes is 1. The summed E-state index contributed by atoms with van der Waals surface area (Å²) in [6.07, 6.45) is 1.14. The maximum atomic E-state index is 11.1. The third kappa shape index (κ3) is 2.81. The highest BCUT2D eigenvalue weighted by Crippen LogP contribution is 2.33. The van der Waals surface area contributed by atoms with Crippen LogP contribution in [-0.2, 0) is 16.0 Å². The first-order valence-electron chi connectivity index (χ1n) is 4.94. The van der Waals surface area contributed by atoms with Crippen molar-refractivity contribution < 1.29 is 14.3 Å². The highest BCUT2D eigenvalue weighted by atomic mass is 32.1. The molecule has 2 aromatic heterocycles. The van der Waals surface area contributed by atoms with E-state index in [9.17, 15) is 9.59 Å². The van der Waals surface area contributed by atoms with E-state index in [0.29, 0.717) is 11.3 Å². The Balaban J connectivity index is 2.17. The van der Waals surface area contributed by atoms with Crippen molar-refractivity contribution in [1.82, 2.24) is 0 Å². The van der Waals surface area contributed by atoms with E-state index in [1.165, 1.54) is 18.4 Å².